The third-order valence-corrected chi connectivity index (χ3v) is 8.80. The molecule has 1 unspecified atom stereocenters. The second-order valence-electron chi connectivity index (χ2n) is 11.6. The minimum Gasteiger partial charge on any atom is -0.494 e. The number of fused-ring (bicyclic) bond motifs is 2. The van der Waals surface area contributed by atoms with Gasteiger partial charge in [-0.25, -0.2) is 4.57 Å². The highest BCUT2D eigenvalue weighted by Crippen LogP contribution is 2.31. The Bertz CT molecular complexity index is 1620. The summed E-state index contributed by atoms with van der Waals surface area (Å²) in [7, 11) is 0. The molecule has 4 aromatic rings. The summed E-state index contributed by atoms with van der Waals surface area (Å²) in [6.45, 7) is 9.34. The van der Waals surface area contributed by atoms with Gasteiger partial charge < -0.3 is 20.7 Å². The number of rotatable bonds is 12. The largest absolute Gasteiger partial charge is 0.494 e. The highest BCUT2D eigenvalue weighted by atomic mass is 32.1. The Morgan fingerprint density at radius 3 is 2.60 bits per heavy atom. The molecule has 0 aliphatic carbocycles. The molecule has 1 amide bonds. The summed E-state index contributed by atoms with van der Waals surface area (Å²) < 4.78 is 8.45. The molecule has 0 bridgehead atoms. The highest BCUT2D eigenvalue weighted by Gasteiger charge is 2.20. The molecule has 1 fully saturated rings. The van der Waals surface area contributed by atoms with Gasteiger partial charge in [-0.15, -0.1) is 11.3 Å². The van der Waals surface area contributed by atoms with Crippen LogP contribution < -0.4 is 26.2 Å². The molecule has 0 saturated carbocycles. The summed E-state index contributed by atoms with van der Waals surface area (Å²) in [5.41, 5.74) is 7.25. The number of benzene rings is 2. The predicted octanol–water partition coefficient (Wildman–Crippen LogP) is 4.33. The second-order valence-corrected chi connectivity index (χ2v) is 12.5. The van der Waals surface area contributed by atoms with Gasteiger partial charge in [-0.2, -0.15) is 0 Å². The molecule has 43 heavy (non-hydrogen) atoms. The molecule has 1 saturated heterocycles. The van der Waals surface area contributed by atoms with Crippen LogP contribution in [0.15, 0.2) is 64.8 Å². The Morgan fingerprint density at radius 2 is 1.81 bits per heavy atom. The van der Waals surface area contributed by atoms with Crippen molar-refractivity contribution in [2.75, 3.05) is 50.8 Å². The number of anilines is 1. The zero-order valence-electron chi connectivity index (χ0n) is 25.0. The number of piperazine rings is 1. The minimum atomic E-state index is -0.701. The van der Waals surface area contributed by atoms with Crippen LogP contribution in [0, 0.1) is 5.92 Å². The molecule has 10 heteroatoms. The van der Waals surface area contributed by atoms with E-state index in [1.54, 1.807) is 23.5 Å². The molecule has 228 valence electrons. The van der Waals surface area contributed by atoms with Crippen molar-refractivity contribution in [2.24, 2.45) is 11.7 Å². The van der Waals surface area contributed by atoms with Crippen LogP contribution in [0.3, 0.4) is 0 Å². The van der Waals surface area contributed by atoms with Crippen LogP contribution in [0.4, 0.5) is 5.69 Å². The molecule has 3 N–H and O–H groups in total. The smallest absolute Gasteiger partial charge is 0.257 e. The number of hydrogen-bond acceptors (Lipinski definition) is 8. The van der Waals surface area contributed by atoms with E-state index in [1.807, 2.05) is 26.0 Å². The Balaban J connectivity index is 1.10. The fourth-order valence-corrected chi connectivity index (χ4v) is 6.45. The quantitative estimate of drug-likeness (QED) is 0.232. The molecule has 1 aliphatic rings. The first kappa shape index (κ1) is 30.7. The Kier molecular flexibility index (Phi) is 10.1. The maximum absolute atomic E-state index is 13.0. The van der Waals surface area contributed by atoms with Crippen molar-refractivity contribution in [1.29, 1.82) is 0 Å². The van der Waals surface area contributed by atoms with Crippen molar-refractivity contribution in [2.45, 2.75) is 39.2 Å². The topological polar surface area (TPSA) is 110 Å². The number of ether oxygens (including phenoxy) is 1. The van der Waals surface area contributed by atoms with E-state index in [-0.39, 0.29) is 12.5 Å². The molecule has 2 aromatic heterocycles. The first-order chi connectivity index (χ1) is 20.8. The van der Waals surface area contributed by atoms with Crippen LogP contribution in [0.5, 0.6) is 5.75 Å². The predicted molar refractivity (Wildman–Crippen MR) is 174 cm³/mol. The SMILES string of the molecule is CC(C)CC(N)C(=O)NCC(=O)n1c(=O)ccc2ccc(OCCCCN3CCN(c4cccc5sccc45)CC3)cc21. The maximum atomic E-state index is 13.0. The van der Waals surface area contributed by atoms with Gasteiger partial charge in [-0.05, 0) is 78.9 Å². The summed E-state index contributed by atoms with van der Waals surface area (Å²) in [5, 5.41) is 6.82. The molecule has 1 atom stereocenters. The number of hydrogen-bond donors (Lipinski definition) is 2. The van der Waals surface area contributed by atoms with Crippen LogP contribution in [-0.2, 0) is 4.79 Å². The second kappa shape index (κ2) is 14.2. The van der Waals surface area contributed by atoms with Gasteiger partial charge in [0.15, 0.2) is 0 Å². The number of thiophene rings is 1. The first-order valence-corrected chi connectivity index (χ1v) is 16.0. The molecular formula is C33H41N5O4S. The number of carbonyl (C=O) groups is 2. The van der Waals surface area contributed by atoms with Crippen molar-refractivity contribution in [3.05, 3.63) is 70.3 Å². The van der Waals surface area contributed by atoms with Gasteiger partial charge in [0, 0.05) is 54.1 Å². The van der Waals surface area contributed by atoms with Gasteiger partial charge in [-0.3, -0.25) is 19.3 Å². The average Bonchev–Trinajstić information content (AvgIpc) is 3.49. The Labute approximate surface area is 256 Å². The number of aromatic nitrogens is 1. The van der Waals surface area contributed by atoms with Crippen molar-refractivity contribution in [3.63, 3.8) is 0 Å². The van der Waals surface area contributed by atoms with Crippen LogP contribution in [-0.4, -0.2) is 73.2 Å². The summed E-state index contributed by atoms with van der Waals surface area (Å²) in [6, 6.07) is 16.5. The van der Waals surface area contributed by atoms with Gasteiger partial charge in [0.25, 0.3) is 11.5 Å². The van der Waals surface area contributed by atoms with Crippen molar-refractivity contribution in [3.8, 4) is 5.75 Å². The summed E-state index contributed by atoms with van der Waals surface area (Å²) in [6.07, 6.45) is 2.43. The highest BCUT2D eigenvalue weighted by molar-refractivity contribution is 7.17. The van der Waals surface area contributed by atoms with E-state index in [4.69, 9.17) is 10.5 Å². The fourth-order valence-electron chi connectivity index (χ4n) is 5.64. The summed E-state index contributed by atoms with van der Waals surface area (Å²) >= 11 is 1.79. The molecule has 5 rings (SSSR count). The normalized spacial score (nSPS) is 14.8. The van der Waals surface area contributed by atoms with Crippen LogP contribution in [0.1, 0.15) is 37.9 Å². The van der Waals surface area contributed by atoms with Crippen molar-refractivity contribution >= 4 is 49.8 Å². The molecule has 1 aliphatic heterocycles. The number of unbranched alkanes of at least 4 members (excludes halogenated alkanes) is 1. The Morgan fingerprint density at radius 1 is 1.02 bits per heavy atom. The molecule has 0 spiro atoms. The molecule has 9 nitrogen and oxygen atoms in total. The van der Waals surface area contributed by atoms with Gasteiger partial charge in [0.2, 0.25) is 5.91 Å². The zero-order chi connectivity index (χ0) is 30.3. The number of nitrogens with two attached hydrogens (primary N) is 1. The molecule has 2 aromatic carbocycles. The van der Waals surface area contributed by atoms with Crippen LogP contribution >= 0.6 is 11.3 Å². The lowest BCUT2D eigenvalue weighted by Crippen LogP contribution is -2.46. The third kappa shape index (κ3) is 7.62. The van der Waals surface area contributed by atoms with Crippen LogP contribution in [0.2, 0.25) is 0 Å². The first-order valence-electron chi connectivity index (χ1n) is 15.1. The molecule has 0 radical (unpaired) electrons. The van der Waals surface area contributed by atoms with E-state index in [0.29, 0.717) is 24.3 Å². The van der Waals surface area contributed by atoms with E-state index in [2.05, 4.69) is 44.8 Å². The summed E-state index contributed by atoms with van der Waals surface area (Å²) in [5.74, 6) is -0.0786. The van der Waals surface area contributed by atoms with Gasteiger partial charge in [-0.1, -0.05) is 19.9 Å². The van der Waals surface area contributed by atoms with Gasteiger partial charge >= 0.3 is 0 Å². The number of pyridine rings is 1. The van der Waals surface area contributed by atoms with Crippen LogP contribution in [0.25, 0.3) is 21.0 Å². The van der Waals surface area contributed by atoms with Crippen molar-refractivity contribution in [1.82, 2.24) is 14.8 Å². The number of nitrogens with one attached hydrogen (secondary N) is 1. The Hall–Kier alpha value is -3.73. The fraction of sp³-hybridized carbons (Fsp3) is 0.424. The lowest BCUT2D eigenvalue weighted by atomic mass is 10.0. The maximum Gasteiger partial charge on any atom is 0.257 e. The third-order valence-electron chi connectivity index (χ3n) is 7.92. The molecular weight excluding hydrogens is 562 g/mol. The number of amides is 1. The van der Waals surface area contributed by atoms with Gasteiger partial charge in [0.05, 0.1) is 24.7 Å². The lowest BCUT2D eigenvalue weighted by molar-refractivity contribution is -0.122. The van der Waals surface area contributed by atoms with Crippen molar-refractivity contribution < 1.29 is 14.3 Å². The molecule has 3 heterocycles. The number of nitrogens with zero attached hydrogens (tertiary/aromatic N) is 3. The number of carbonyl (C=O) groups excluding carboxylic acids is 2. The monoisotopic (exact) mass is 603 g/mol. The average molecular weight is 604 g/mol. The van der Waals surface area contributed by atoms with E-state index < -0.39 is 23.4 Å². The van der Waals surface area contributed by atoms with E-state index >= 15 is 0 Å². The van der Waals surface area contributed by atoms with E-state index in [1.165, 1.54) is 21.8 Å². The standard InChI is InChI=1S/C33H41N5O4S/c1-23(2)20-27(34)33(41)35-22-32(40)38-29-21-25(10-8-24(29)9-11-31(38)39)42-18-4-3-13-36-14-16-37(17-15-36)28-6-5-7-30-26(28)12-19-43-30/h5-12,19,21,23,27H,3-4,13-18,20,22,34H2,1-2H3,(H,35,41). The summed E-state index contributed by atoms with van der Waals surface area (Å²) in [4.78, 5) is 43.0. The lowest BCUT2D eigenvalue weighted by Gasteiger charge is -2.36. The zero-order valence-corrected chi connectivity index (χ0v) is 25.8. The van der Waals surface area contributed by atoms with Gasteiger partial charge in [0.1, 0.15) is 5.75 Å². The van der Waals surface area contributed by atoms with E-state index in [0.717, 1.165) is 55.5 Å². The van der Waals surface area contributed by atoms with E-state index in [9.17, 15) is 14.4 Å². The minimum absolute atomic E-state index is 0.254.